The summed E-state index contributed by atoms with van der Waals surface area (Å²) in [6, 6.07) is 3.59. The van der Waals surface area contributed by atoms with Gasteiger partial charge in [-0.05, 0) is 6.92 Å². The van der Waals surface area contributed by atoms with E-state index < -0.39 is 0 Å². The van der Waals surface area contributed by atoms with Crippen molar-refractivity contribution in [3.05, 3.63) is 29.7 Å². The highest BCUT2D eigenvalue weighted by Gasteiger charge is 2.10. The van der Waals surface area contributed by atoms with Crippen LogP contribution in [0.15, 0.2) is 12.7 Å². The van der Waals surface area contributed by atoms with Crippen LogP contribution >= 0.6 is 0 Å². The third-order valence-electron chi connectivity index (χ3n) is 1.58. The van der Waals surface area contributed by atoms with Gasteiger partial charge in [0.05, 0.1) is 0 Å². The molecule has 0 amide bonds. The number of aryl methyl sites for hydroxylation is 1. The van der Waals surface area contributed by atoms with E-state index >= 15 is 0 Å². The fraction of sp³-hybridized carbons (Fsp3) is 0.200. The highest BCUT2D eigenvalue weighted by Crippen LogP contribution is 2.14. The first-order valence-electron chi connectivity index (χ1n) is 4.15. The van der Waals surface area contributed by atoms with Crippen LogP contribution in [-0.2, 0) is 0 Å². The lowest BCUT2D eigenvalue weighted by Gasteiger charge is -2.05. The second-order valence-electron chi connectivity index (χ2n) is 2.63. The van der Waals surface area contributed by atoms with Crippen LogP contribution in [0.5, 0.6) is 5.88 Å². The molecule has 1 aromatic heterocycles. The van der Waals surface area contributed by atoms with Gasteiger partial charge in [-0.2, -0.15) is 15.5 Å². The predicted molar refractivity (Wildman–Crippen MR) is 51.9 cm³/mol. The number of rotatable bonds is 3. The van der Waals surface area contributed by atoms with Crippen LogP contribution in [0.3, 0.4) is 0 Å². The summed E-state index contributed by atoms with van der Waals surface area (Å²) in [6.07, 6.45) is 1.56. The van der Waals surface area contributed by atoms with E-state index in [1.165, 1.54) is 0 Å². The van der Waals surface area contributed by atoms with E-state index in [0.717, 1.165) is 0 Å². The SMILES string of the molecule is C=CCOc1nc(C#N)c(C#N)nc1C. The second kappa shape index (κ2) is 4.73. The molecule has 0 aliphatic carbocycles. The molecule has 0 radical (unpaired) electrons. The molecule has 5 heteroatoms. The average Bonchev–Trinajstić information content (AvgIpc) is 2.27. The van der Waals surface area contributed by atoms with Crippen molar-refractivity contribution in [2.24, 2.45) is 0 Å². The summed E-state index contributed by atoms with van der Waals surface area (Å²) in [4.78, 5) is 7.79. The van der Waals surface area contributed by atoms with E-state index in [1.54, 1.807) is 25.1 Å². The molecule has 0 unspecified atom stereocenters. The molecule has 0 saturated carbocycles. The fourth-order valence-corrected chi connectivity index (χ4v) is 0.934. The van der Waals surface area contributed by atoms with Crippen LogP contribution in [-0.4, -0.2) is 16.6 Å². The fourth-order valence-electron chi connectivity index (χ4n) is 0.934. The van der Waals surface area contributed by atoms with Crippen molar-refractivity contribution in [1.82, 2.24) is 9.97 Å². The summed E-state index contributed by atoms with van der Waals surface area (Å²) in [7, 11) is 0. The van der Waals surface area contributed by atoms with Gasteiger partial charge in [0.1, 0.15) is 24.4 Å². The van der Waals surface area contributed by atoms with Gasteiger partial charge < -0.3 is 4.74 Å². The van der Waals surface area contributed by atoms with Gasteiger partial charge in [0.2, 0.25) is 5.88 Å². The van der Waals surface area contributed by atoms with Crippen molar-refractivity contribution in [3.63, 3.8) is 0 Å². The Labute approximate surface area is 87.3 Å². The van der Waals surface area contributed by atoms with Crippen molar-refractivity contribution < 1.29 is 4.74 Å². The molecule has 1 aromatic rings. The average molecular weight is 200 g/mol. The smallest absolute Gasteiger partial charge is 0.237 e. The molecule has 0 atom stereocenters. The zero-order chi connectivity index (χ0) is 11.3. The Hall–Kier alpha value is -2.40. The third kappa shape index (κ3) is 2.29. The van der Waals surface area contributed by atoms with E-state index in [2.05, 4.69) is 16.5 Å². The zero-order valence-electron chi connectivity index (χ0n) is 8.19. The normalized spacial score (nSPS) is 8.73. The molecule has 74 valence electrons. The maximum Gasteiger partial charge on any atom is 0.237 e. The minimum absolute atomic E-state index is 0.0148. The van der Waals surface area contributed by atoms with Crippen molar-refractivity contribution in [3.8, 4) is 18.0 Å². The molecular formula is C10H8N4O. The first kappa shape index (κ1) is 10.7. The summed E-state index contributed by atoms with van der Waals surface area (Å²) >= 11 is 0. The number of aromatic nitrogens is 2. The van der Waals surface area contributed by atoms with Gasteiger partial charge in [-0.1, -0.05) is 12.7 Å². The number of nitrogens with zero attached hydrogens (tertiary/aromatic N) is 4. The molecule has 0 spiro atoms. The van der Waals surface area contributed by atoms with Crippen molar-refractivity contribution in [2.45, 2.75) is 6.92 Å². The topological polar surface area (TPSA) is 82.6 Å². The summed E-state index contributed by atoms with van der Waals surface area (Å²) < 4.78 is 5.18. The van der Waals surface area contributed by atoms with Crippen LogP contribution in [0.25, 0.3) is 0 Å². The highest BCUT2D eigenvalue weighted by molar-refractivity contribution is 5.38. The molecule has 0 aliphatic rings. The molecule has 1 heterocycles. The van der Waals surface area contributed by atoms with E-state index in [0.29, 0.717) is 5.69 Å². The van der Waals surface area contributed by atoms with Crippen molar-refractivity contribution in [2.75, 3.05) is 6.61 Å². The second-order valence-corrected chi connectivity index (χ2v) is 2.63. The van der Waals surface area contributed by atoms with E-state index in [-0.39, 0.29) is 23.9 Å². The Morgan fingerprint density at radius 3 is 2.47 bits per heavy atom. The molecule has 0 saturated heterocycles. The van der Waals surface area contributed by atoms with Gasteiger partial charge in [-0.25, -0.2) is 4.98 Å². The summed E-state index contributed by atoms with van der Waals surface area (Å²) in [6.45, 7) is 5.44. The number of hydrogen-bond acceptors (Lipinski definition) is 5. The molecule has 0 aliphatic heterocycles. The van der Waals surface area contributed by atoms with Gasteiger partial charge in [-0.3, -0.25) is 0 Å². The van der Waals surface area contributed by atoms with E-state index in [9.17, 15) is 0 Å². The first-order valence-corrected chi connectivity index (χ1v) is 4.15. The van der Waals surface area contributed by atoms with Crippen LogP contribution < -0.4 is 4.74 Å². The Kier molecular flexibility index (Phi) is 3.37. The molecule has 0 aromatic carbocycles. The van der Waals surface area contributed by atoms with E-state index in [4.69, 9.17) is 15.3 Å². The van der Waals surface area contributed by atoms with Gasteiger partial charge in [0, 0.05) is 0 Å². The molecule has 0 N–H and O–H groups in total. The first-order chi connectivity index (χ1) is 7.22. The lowest BCUT2D eigenvalue weighted by atomic mass is 10.3. The maximum atomic E-state index is 8.71. The van der Waals surface area contributed by atoms with Gasteiger partial charge in [0.25, 0.3) is 0 Å². The largest absolute Gasteiger partial charge is 0.472 e. The monoisotopic (exact) mass is 200 g/mol. The minimum Gasteiger partial charge on any atom is -0.472 e. The minimum atomic E-state index is -0.0258. The molecular weight excluding hydrogens is 192 g/mol. The lowest BCUT2D eigenvalue weighted by Crippen LogP contribution is -2.04. The number of ether oxygens (including phenoxy) is 1. The van der Waals surface area contributed by atoms with Gasteiger partial charge in [0.15, 0.2) is 11.4 Å². The Morgan fingerprint density at radius 2 is 1.93 bits per heavy atom. The number of hydrogen-bond donors (Lipinski definition) is 0. The lowest BCUT2D eigenvalue weighted by molar-refractivity contribution is 0.343. The molecule has 15 heavy (non-hydrogen) atoms. The third-order valence-corrected chi connectivity index (χ3v) is 1.58. The summed E-state index contributed by atoms with van der Waals surface area (Å²) in [5, 5.41) is 17.4. The van der Waals surface area contributed by atoms with Crippen LogP contribution in [0.1, 0.15) is 17.1 Å². The molecule has 1 rings (SSSR count). The summed E-state index contributed by atoms with van der Waals surface area (Å²) in [5.74, 6) is 0.255. The Morgan fingerprint density at radius 1 is 1.33 bits per heavy atom. The van der Waals surface area contributed by atoms with Gasteiger partial charge >= 0.3 is 0 Å². The standard InChI is InChI=1S/C10H8N4O/c1-3-4-15-10-7(2)13-8(5-11)9(6-12)14-10/h3H,1,4H2,2H3. The van der Waals surface area contributed by atoms with E-state index in [1.807, 2.05) is 0 Å². The van der Waals surface area contributed by atoms with Gasteiger partial charge in [-0.15, -0.1) is 0 Å². The Bertz CT molecular complexity index is 468. The quantitative estimate of drug-likeness (QED) is 0.682. The highest BCUT2D eigenvalue weighted by atomic mass is 16.5. The number of nitriles is 2. The summed E-state index contributed by atoms with van der Waals surface area (Å²) in [5.41, 5.74) is 0.468. The molecule has 5 nitrogen and oxygen atoms in total. The van der Waals surface area contributed by atoms with Crippen LogP contribution in [0.4, 0.5) is 0 Å². The van der Waals surface area contributed by atoms with Crippen LogP contribution in [0.2, 0.25) is 0 Å². The predicted octanol–water partition coefficient (Wildman–Crippen LogP) is 1.09. The Balaban J connectivity index is 3.16. The molecule has 0 fully saturated rings. The molecule has 0 bridgehead atoms. The van der Waals surface area contributed by atoms with Crippen molar-refractivity contribution in [1.29, 1.82) is 10.5 Å². The zero-order valence-corrected chi connectivity index (χ0v) is 8.19. The maximum absolute atomic E-state index is 8.71. The van der Waals surface area contributed by atoms with Crippen LogP contribution in [0, 0.1) is 29.6 Å². The van der Waals surface area contributed by atoms with Crippen molar-refractivity contribution >= 4 is 0 Å².